The molecule has 1 atom stereocenters. The van der Waals surface area contributed by atoms with Crippen molar-refractivity contribution in [3.63, 3.8) is 0 Å². The van der Waals surface area contributed by atoms with Crippen LogP contribution in [-0.2, 0) is 29.0 Å². The second-order valence-corrected chi connectivity index (χ2v) is 7.96. The first-order valence-corrected chi connectivity index (χ1v) is 9.38. The van der Waals surface area contributed by atoms with Gasteiger partial charge in [0.2, 0.25) is 5.91 Å². The SMILES string of the molecule is CS(=O)(=O)CCCC(=O)[N]NC(=O)CSC(CC(=O)O)C(=O)O. The molecule has 0 aliphatic rings. The van der Waals surface area contributed by atoms with Crippen LogP contribution in [0.2, 0.25) is 0 Å². The number of aliphatic carboxylic acids is 2. The molecule has 0 saturated heterocycles. The summed E-state index contributed by atoms with van der Waals surface area (Å²) < 4.78 is 21.7. The molecule has 2 amide bonds. The summed E-state index contributed by atoms with van der Waals surface area (Å²) in [6.45, 7) is 0. The largest absolute Gasteiger partial charge is 0.481 e. The van der Waals surface area contributed by atoms with Crippen molar-refractivity contribution in [3.8, 4) is 0 Å². The van der Waals surface area contributed by atoms with Crippen LogP contribution < -0.4 is 10.9 Å². The Labute approximate surface area is 136 Å². The van der Waals surface area contributed by atoms with Crippen LogP contribution in [0, 0.1) is 0 Å². The van der Waals surface area contributed by atoms with E-state index in [9.17, 15) is 27.6 Å². The Morgan fingerprint density at radius 2 is 1.83 bits per heavy atom. The van der Waals surface area contributed by atoms with Gasteiger partial charge in [-0.3, -0.25) is 19.2 Å². The normalized spacial score (nSPS) is 12.2. The van der Waals surface area contributed by atoms with E-state index in [4.69, 9.17) is 10.2 Å². The van der Waals surface area contributed by atoms with Crippen molar-refractivity contribution in [2.75, 3.05) is 17.8 Å². The Hall–Kier alpha value is -1.82. The highest BCUT2D eigenvalue weighted by Crippen LogP contribution is 2.14. The van der Waals surface area contributed by atoms with Crippen LogP contribution in [0.4, 0.5) is 0 Å². The molecule has 0 aromatic heterocycles. The maximum Gasteiger partial charge on any atom is 0.317 e. The van der Waals surface area contributed by atoms with Gasteiger partial charge < -0.3 is 10.2 Å². The van der Waals surface area contributed by atoms with Crippen molar-refractivity contribution in [3.05, 3.63) is 0 Å². The lowest BCUT2D eigenvalue weighted by Gasteiger charge is -2.09. The molecule has 23 heavy (non-hydrogen) atoms. The van der Waals surface area contributed by atoms with Crippen LogP contribution in [0.1, 0.15) is 19.3 Å². The fourth-order valence-corrected chi connectivity index (χ4v) is 2.74. The number of hydrogen-bond donors (Lipinski definition) is 3. The molecule has 10 nitrogen and oxygen atoms in total. The van der Waals surface area contributed by atoms with Gasteiger partial charge >= 0.3 is 11.9 Å². The van der Waals surface area contributed by atoms with Crippen LogP contribution in [0.5, 0.6) is 0 Å². The molecule has 0 saturated carbocycles. The minimum absolute atomic E-state index is 0.0749. The van der Waals surface area contributed by atoms with Crippen molar-refractivity contribution >= 4 is 45.4 Å². The fraction of sp³-hybridized carbons (Fsp3) is 0.636. The third-order valence-corrected chi connectivity index (χ3v) is 4.49. The van der Waals surface area contributed by atoms with Gasteiger partial charge in [-0.2, -0.15) is 0 Å². The molecule has 0 aliphatic carbocycles. The van der Waals surface area contributed by atoms with Crippen LogP contribution in [0.25, 0.3) is 0 Å². The highest BCUT2D eigenvalue weighted by atomic mass is 32.2. The number of carboxylic acid groups (broad SMARTS) is 2. The number of thioether (sulfide) groups is 1. The van der Waals surface area contributed by atoms with E-state index in [0.29, 0.717) is 11.8 Å². The Kier molecular flexibility index (Phi) is 9.25. The second-order valence-electron chi connectivity index (χ2n) is 4.51. The van der Waals surface area contributed by atoms with Crippen LogP contribution in [0.3, 0.4) is 0 Å². The first kappa shape index (κ1) is 21.2. The first-order chi connectivity index (χ1) is 10.5. The van der Waals surface area contributed by atoms with Crippen LogP contribution in [-0.4, -0.2) is 65.4 Å². The predicted octanol–water partition coefficient (Wildman–Crippen LogP) is -1.37. The molecule has 3 N–H and O–H groups in total. The number of hydrogen-bond acceptors (Lipinski definition) is 7. The maximum absolute atomic E-state index is 11.4. The van der Waals surface area contributed by atoms with Crippen molar-refractivity contribution in [1.29, 1.82) is 0 Å². The Morgan fingerprint density at radius 1 is 1.22 bits per heavy atom. The molecule has 1 radical (unpaired) electrons. The standard InChI is InChI=1S/C11H17N2O8S2/c1-23(20,21)4-2-3-8(14)12-13-9(15)6-22-7(11(18)19)5-10(16)17/h7H,2-6H2,1H3,(H,13,15)(H,16,17)(H,18,19). The summed E-state index contributed by atoms with van der Waals surface area (Å²) in [7, 11) is -3.18. The average Bonchev–Trinajstić information content (AvgIpc) is 2.39. The zero-order valence-corrected chi connectivity index (χ0v) is 13.9. The summed E-state index contributed by atoms with van der Waals surface area (Å²) in [6, 6.07) is 0. The molecule has 0 aromatic carbocycles. The zero-order valence-electron chi connectivity index (χ0n) is 12.2. The molecular weight excluding hydrogens is 352 g/mol. The fourth-order valence-electron chi connectivity index (χ4n) is 1.25. The predicted molar refractivity (Wildman–Crippen MR) is 80.4 cm³/mol. The highest BCUT2D eigenvalue weighted by molar-refractivity contribution is 8.01. The molecule has 0 aliphatic heterocycles. The summed E-state index contributed by atoms with van der Waals surface area (Å²) in [4.78, 5) is 43.9. The van der Waals surface area contributed by atoms with Crippen molar-refractivity contribution in [2.24, 2.45) is 0 Å². The van der Waals surface area contributed by atoms with Crippen LogP contribution >= 0.6 is 11.8 Å². The average molecular weight is 369 g/mol. The summed E-state index contributed by atoms with van der Waals surface area (Å²) in [5, 5.41) is 16.0. The Morgan fingerprint density at radius 3 is 2.30 bits per heavy atom. The van der Waals surface area contributed by atoms with Gasteiger partial charge in [0.15, 0.2) is 0 Å². The van der Waals surface area contributed by atoms with Gasteiger partial charge in [0.1, 0.15) is 15.1 Å². The summed E-state index contributed by atoms with van der Waals surface area (Å²) in [6.07, 6.45) is 0.307. The lowest BCUT2D eigenvalue weighted by Crippen LogP contribution is -2.37. The van der Waals surface area contributed by atoms with Gasteiger partial charge in [-0.05, 0) is 6.42 Å². The minimum Gasteiger partial charge on any atom is -0.481 e. The molecule has 0 fully saturated rings. The number of sulfone groups is 1. The van der Waals surface area contributed by atoms with Gasteiger partial charge in [0.05, 0.1) is 17.9 Å². The summed E-state index contributed by atoms with van der Waals surface area (Å²) in [5.41, 5.74) is 5.12. The smallest absolute Gasteiger partial charge is 0.317 e. The number of nitrogens with zero attached hydrogens (tertiary/aromatic N) is 1. The van der Waals surface area contributed by atoms with E-state index < -0.39 is 45.3 Å². The summed E-state index contributed by atoms with van der Waals surface area (Å²) in [5.74, 6) is -4.71. The number of carbonyl (C=O) groups is 4. The lowest BCUT2D eigenvalue weighted by atomic mass is 10.3. The highest BCUT2D eigenvalue weighted by Gasteiger charge is 2.22. The van der Waals surface area contributed by atoms with E-state index in [-0.39, 0.29) is 24.3 Å². The van der Waals surface area contributed by atoms with Gasteiger partial charge in [-0.25, -0.2) is 13.8 Å². The van der Waals surface area contributed by atoms with Gasteiger partial charge in [0, 0.05) is 12.7 Å². The molecule has 12 heteroatoms. The second kappa shape index (κ2) is 10.0. The molecule has 0 bridgehead atoms. The lowest BCUT2D eigenvalue weighted by molar-refractivity contribution is -0.142. The molecular formula is C11H17N2O8S2. The third kappa shape index (κ3) is 12.4. The van der Waals surface area contributed by atoms with Crippen molar-refractivity contribution in [1.82, 2.24) is 10.9 Å². The number of rotatable bonds is 10. The van der Waals surface area contributed by atoms with Gasteiger partial charge in [0.25, 0.3) is 5.91 Å². The zero-order chi connectivity index (χ0) is 18.0. The Bertz CT molecular complexity index is 560. The molecule has 0 heterocycles. The maximum atomic E-state index is 11.4. The number of amides is 2. The van der Waals surface area contributed by atoms with Gasteiger partial charge in [-0.15, -0.1) is 17.2 Å². The molecule has 0 rings (SSSR count). The van der Waals surface area contributed by atoms with Gasteiger partial charge in [-0.1, -0.05) is 0 Å². The van der Waals surface area contributed by atoms with Crippen molar-refractivity contribution < 1.29 is 37.8 Å². The number of nitrogens with one attached hydrogen (secondary N) is 1. The minimum atomic E-state index is -3.18. The molecule has 0 aromatic rings. The van der Waals surface area contributed by atoms with E-state index in [2.05, 4.69) is 5.43 Å². The molecule has 1 unspecified atom stereocenters. The third-order valence-electron chi connectivity index (χ3n) is 2.26. The van der Waals surface area contributed by atoms with E-state index in [1.807, 2.05) is 5.43 Å². The van der Waals surface area contributed by atoms with E-state index in [0.717, 1.165) is 6.26 Å². The summed E-state index contributed by atoms with van der Waals surface area (Å²) >= 11 is 0.596. The topological polar surface area (TPSA) is 169 Å². The quantitative estimate of drug-likeness (QED) is 0.393. The van der Waals surface area contributed by atoms with E-state index >= 15 is 0 Å². The van der Waals surface area contributed by atoms with Crippen molar-refractivity contribution in [2.45, 2.75) is 24.5 Å². The molecule has 131 valence electrons. The first-order valence-electron chi connectivity index (χ1n) is 6.27. The number of carbonyl (C=O) groups excluding carboxylic acids is 2. The van der Waals surface area contributed by atoms with E-state index in [1.54, 1.807) is 0 Å². The Balaban J connectivity index is 4.03. The number of carboxylic acids is 2. The van der Waals surface area contributed by atoms with E-state index in [1.165, 1.54) is 0 Å². The van der Waals surface area contributed by atoms with Crippen LogP contribution in [0.15, 0.2) is 0 Å². The monoisotopic (exact) mass is 369 g/mol. The molecule has 0 spiro atoms.